The van der Waals surface area contributed by atoms with Crippen LogP contribution in [0.3, 0.4) is 0 Å². The Balaban J connectivity index is 2.59. The molecule has 1 unspecified atom stereocenters. The SMILES string of the molecule is CCO[P+](=O)[C@H](Cc1ccccc1)NS(=O)(=O)c1c(C(C)C)cc(C(C)C)cc1C(C)C. The lowest BCUT2D eigenvalue weighted by Gasteiger charge is -2.23. The Kier molecular flexibility index (Phi) is 9.59. The summed E-state index contributed by atoms with van der Waals surface area (Å²) in [5.74, 6) is -0.535. The minimum Gasteiger partial charge on any atom is -0.207 e. The second-order valence-corrected chi connectivity index (χ2v) is 12.1. The van der Waals surface area contributed by atoms with E-state index in [0.29, 0.717) is 4.90 Å². The average Bonchev–Trinajstić information content (AvgIpc) is 2.72. The van der Waals surface area contributed by atoms with Gasteiger partial charge in [0.05, 0.1) is 11.5 Å². The number of benzene rings is 2. The van der Waals surface area contributed by atoms with Gasteiger partial charge in [0.2, 0.25) is 10.0 Å². The molecule has 0 aliphatic heterocycles. The molecule has 0 spiro atoms. The third-order valence-electron chi connectivity index (χ3n) is 5.42. The van der Waals surface area contributed by atoms with Crippen LogP contribution in [0.15, 0.2) is 47.4 Å². The standard InChI is InChI=1S/C25H37NO4PS/c1-8-30-31(27)24(14-20-12-10-9-11-13-20)26-32(28,29)25-22(18(4)5)15-21(17(2)3)16-23(25)19(6)7/h9-13,15-19,24,26H,8,14H2,1-7H3/q+1/t24-/m1/s1. The number of rotatable bonds is 11. The summed E-state index contributed by atoms with van der Waals surface area (Å²) < 4.78 is 48.5. The van der Waals surface area contributed by atoms with Gasteiger partial charge in [0.15, 0.2) is 0 Å². The Labute approximate surface area is 194 Å². The lowest BCUT2D eigenvalue weighted by atomic mass is 9.89. The summed E-state index contributed by atoms with van der Waals surface area (Å²) in [6.45, 7) is 14.2. The molecule has 2 aromatic carbocycles. The Bertz CT molecular complexity index is 988. The van der Waals surface area contributed by atoms with E-state index in [1.54, 1.807) is 6.92 Å². The summed E-state index contributed by atoms with van der Waals surface area (Å²) in [5.41, 5.74) is 3.60. The van der Waals surface area contributed by atoms with Crippen LogP contribution in [0.1, 0.15) is 88.5 Å². The summed E-state index contributed by atoms with van der Waals surface area (Å²) in [5, 5.41) is 0. The summed E-state index contributed by atoms with van der Waals surface area (Å²) in [6, 6.07) is 13.5. The van der Waals surface area contributed by atoms with Gasteiger partial charge in [-0.05, 0) is 51.5 Å². The molecule has 0 aromatic heterocycles. The van der Waals surface area contributed by atoms with Gasteiger partial charge >= 0.3 is 8.03 Å². The van der Waals surface area contributed by atoms with Gasteiger partial charge in [0.1, 0.15) is 0 Å². The molecule has 0 heterocycles. The highest BCUT2D eigenvalue weighted by molar-refractivity contribution is 7.89. The van der Waals surface area contributed by atoms with Gasteiger partial charge in [-0.15, -0.1) is 4.52 Å². The van der Waals surface area contributed by atoms with E-state index >= 15 is 0 Å². The normalized spacial score (nSPS) is 13.8. The van der Waals surface area contributed by atoms with E-state index < -0.39 is 23.8 Å². The second-order valence-electron chi connectivity index (χ2n) is 9.02. The molecule has 5 nitrogen and oxygen atoms in total. The van der Waals surface area contributed by atoms with Gasteiger partial charge in [-0.2, -0.15) is 4.72 Å². The fourth-order valence-electron chi connectivity index (χ4n) is 3.65. The van der Waals surface area contributed by atoms with Crippen LogP contribution >= 0.6 is 8.03 Å². The van der Waals surface area contributed by atoms with Crippen LogP contribution in [-0.4, -0.2) is 20.8 Å². The van der Waals surface area contributed by atoms with Crippen molar-refractivity contribution in [2.45, 2.75) is 83.3 Å². The van der Waals surface area contributed by atoms with Gasteiger partial charge in [0.25, 0.3) is 5.78 Å². The highest BCUT2D eigenvalue weighted by Gasteiger charge is 2.39. The smallest absolute Gasteiger partial charge is 0.207 e. The molecule has 0 bridgehead atoms. The van der Waals surface area contributed by atoms with Gasteiger partial charge in [-0.25, -0.2) is 8.42 Å². The molecule has 2 rings (SSSR count). The highest BCUT2D eigenvalue weighted by atomic mass is 32.2. The number of sulfonamides is 1. The topological polar surface area (TPSA) is 72.5 Å². The lowest BCUT2D eigenvalue weighted by Crippen LogP contribution is -2.35. The Morgan fingerprint density at radius 1 is 0.906 bits per heavy atom. The van der Waals surface area contributed by atoms with E-state index in [0.717, 1.165) is 22.3 Å². The minimum absolute atomic E-state index is 0.0194. The zero-order chi connectivity index (χ0) is 24.1. The van der Waals surface area contributed by atoms with Crippen LogP contribution in [0.4, 0.5) is 0 Å². The molecule has 0 saturated carbocycles. The predicted molar refractivity (Wildman–Crippen MR) is 132 cm³/mol. The molecular formula is C25H37NO4PS+. The van der Waals surface area contributed by atoms with Crippen LogP contribution in [0.25, 0.3) is 0 Å². The largest absolute Gasteiger partial charge is 0.528 e. The van der Waals surface area contributed by atoms with E-state index in [2.05, 4.69) is 18.6 Å². The maximum Gasteiger partial charge on any atom is 0.528 e. The fourth-order valence-corrected chi connectivity index (χ4v) is 6.98. The first-order valence-electron chi connectivity index (χ1n) is 11.3. The van der Waals surface area contributed by atoms with Crippen molar-refractivity contribution in [3.05, 3.63) is 64.7 Å². The van der Waals surface area contributed by atoms with E-state index in [1.807, 2.05) is 70.2 Å². The molecule has 0 radical (unpaired) electrons. The van der Waals surface area contributed by atoms with Crippen molar-refractivity contribution in [2.24, 2.45) is 0 Å². The fraction of sp³-hybridized carbons (Fsp3) is 0.520. The highest BCUT2D eigenvalue weighted by Crippen LogP contribution is 2.37. The van der Waals surface area contributed by atoms with Gasteiger partial charge in [-0.1, -0.05) is 84.0 Å². The average molecular weight is 479 g/mol. The Hall–Kier alpha value is -1.59. The Morgan fingerprint density at radius 2 is 1.44 bits per heavy atom. The quantitative estimate of drug-likeness (QED) is 0.366. The number of hydrogen-bond donors (Lipinski definition) is 1. The Morgan fingerprint density at radius 3 is 1.88 bits per heavy atom. The predicted octanol–water partition coefficient (Wildman–Crippen LogP) is 6.68. The molecule has 2 aromatic rings. The summed E-state index contributed by atoms with van der Waals surface area (Å²) in [7, 11) is -6.18. The number of nitrogens with one attached hydrogen (secondary N) is 1. The van der Waals surface area contributed by atoms with Crippen LogP contribution < -0.4 is 4.72 Å². The van der Waals surface area contributed by atoms with Crippen molar-refractivity contribution in [1.82, 2.24) is 4.72 Å². The van der Waals surface area contributed by atoms with Crippen LogP contribution in [0.5, 0.6) is 0 Å². The molecule has 1 N–H and O–H groups in total. The maximum absolute atomic E-state index is 13.8. The van der Waals surface area contributed by atoms with Gasteiger partial charge < -0.3 is 0 Å². The van der Waals surface area contributed by atoms with Crippen molar-refractivity contribution >= 4 is 18.1 Å². The molecule has 0 fully saturated rings. The third-order valence-corrected chi connectivity index (χ3v) is 8.53. The molecule has 7 heteroatoms. The zero-order valence-electron chi connectivity index (χ0n) is 20.3. The first kappa shape index (κ1) is 26.7. The third kappa shape index (κ3) is 6.71. The lowest BCUT2D eigenvalue weighted by molar-refractivity contribution is 0.341. The van der Waals surface area contributed by atoms with E-state index in [1.165, 1.54) is 0 Å². The molecule has 0 saturated heterocycles. The summed E-state index contributed by atoms with van der Waals surface area (Å²) >= 11 is 0. The van der Waals surface area contributed by atoms with E-state index in [9.17, 15) is 13.0 Å². The molecular weight excluding hydrogens is 441 g/mol. The minimum atomic E-state index is -3.95. The second kappa shape index (κ2) is 11.5. The van der Waals surface area contributed by atoms with Gasteiger partial charge in [-0.3, -0.25) is 0 Å². The summed E-state index contributed by atoms with van der Waals surface area (Å²) in [4.78, 5) is 0.310. The van der Waals surface area contributed by atoms with Crippen molar-refractivity contribution in [1.29, 1.82) is 0 Å². The molecule has 0 aliphatic rings. The monoisotopic (exact) mass is 478 g/mol. The van der Waals surface area contributed by atoms with Gasteiger partial charge in [0, 0.05) is 6.42 Å². The van der Waals surface area contributed by atoms with Crippen molar-refractivity contribution in [2.75, 3.05) is 6.61 Å². The van der Waals surface area contributed by atoms with E-state index in [4.69, 9.17) is 4.52 Å². The van der Waals surface area contributed by atoms with Crippen LogP contribution in [0.2, 0.25) is 0 Å². The van der Waals surface area contributed by atoms with Crippen molar-refractivity contribution in [3.63, 3.8) is 0 Å². The molecule has 0 amide bonds. The molecule has 32 heavy (non-hydrogen) atoms. The van der Waals surface area contributed by atoms with Crippen LogP contribution in [-0.2, 0) is 25.5 Å². The maximum atomic E-state index is 13.8. The van der Waals surface area contributed by atoms with Crippen LogP contribution in [0, 0.1) is 0 Å². The molecule has 176 valence electrons. The van der Waals surface area contributed by atoms with E-state index in [-0.39, 0.29) is 30.8 Å². The zero-order valence-corrected chi connectivity index (χ0v) is 22.0. The first-order valence-corrected chi connectivity index (χ1v) is 14.0. The molecule has 0 aliphatic carbocycles. The number of hydrogen-bond acceptors (Lipinski definition) is 4. The van der Waals surface area contributed by atoms with Crippen molar-refractivity contribution < 1.29 is 17.5 Å². The van der Waals surface area contributed by atoms with Crippen molar-refractivity contribution in [3.8, 4) is 0 Å². The molecule has 2 atom stereocenters. The first-order chi connectivity index (χ1) is 15.0. The summed E-state index contributed by atoms with van der Waals surface area (Å²) in [6.07, 6.45) is 0.285.